The van der Waals surface area contributed by atoms with Crippen LogP contribution in [0.25, 0.3) is 0 Å². The molecule has 1 aliphatic rings. The second-order valence-electron chi connectivity index (χ2n) is 5.11. The number of hydrogen-bond acceptors (Lipinski definition) is 3. The van der Waals surface area contributed by atoms with E-state index in [0.717, 1.165) is 21.2 Å². The van der Waals surface area contributed by atoms with Gasteiger partial charge in [0.25, 0.3) is 0 Å². The minimum absolute atomic E-state index is 0.285. The van der Waals surface area contributed by atoms with Crippen LogP contribution in [0.3, 0.4) is 0 Å². The Morgan fingerprint density at radius 1 is 1.00 bits per heavy atom. The summed E-state index contributed by atoms with van der Waals surface area (Å²) in [6, 6.07) is 20.7. The number of aliphatic imine (C=N–C) groups is 1. The second-order valence-corrected chi connectivity index (χ2v) is 6.77. The molecule has 0 saturated heterocycles. The molecule has 3 rings (SSSR count). The van der Waals surface area contributed by atoms with Gasteiger partial charge in [-0.1, -0.05) is 84.6 Å². The smallest absolute Gasteiger partial charge is 0.105 e. The van der Waals surface area contributed by atoms with Crippen LogP contribution < -0.4 is 0 Å². The SMILES string of the molecule is CC1(Cc2ccccc2)N=C(c2ccccc2)SC1=S. The van der Waals surface area contributed by atoms with Crippen LogP contribution in [-0.4, -0.2) is 14.8 Å². The first-order valence-electron chi connectivity index (χ1n) is 6.59. The average molecular weight is 297 g/mol. The standard InChI is InChI=1S/C17H15NS2/c1-17(12-13-8-4-2-5-9-13)16(19)20-15(18-17)14-10-6-3-7-11-14/h2-11H,12H2,1H3. The molecule has 0 aromatic heterocycles. The van der Waals surface area contributed by atoms with Crippen LogP contribution in [-0.2, 0) is 6.42 Å². The summed E-state index contributed by atoms with van der Waals surface area (Å²) in [7, 11) is 0. The molecule has 0 amide bonds. The molecule has 20 heavy (non-hydrogen) atoms. The highest BCUT2D eigenvalue weighted by Gasteiger charge is 2.36. The van der Waals surface area contributed by atoms with Gasteiger partial charge in [0, 0.05) is 12.0 Å². The Kier molecular flexibility index (Phi) is 3.72. The zero-order valence-corrected chi connectivity index (χ0v) is 12.9. The lowest BCUT2D eigenvalue weighted by Crippen LogP contribution is -2.29. The first-order valence-corrected chi connectivity index (χ1v) is 7.81. The zero-order chi connectivity index (χ0) is 14.0. The van der Waals surface area contributed by atoms with Gasteiger partial charge in [0.1, 0.15) is 10.6 Å². The molecule has 0 spiro atoms. The van der Waals surface area contributed by atoms with Gasteiger partial charge in [-0.15, -0.1) is 0 Å². The van der Waals surface area contributed by atoms with E-state index in [4.69, 9.17) is 17.2 Å². The highest BCUT2D eigenvalue weighted by molar-refractivity contribution is 8.34. The summed E-state index contributed by atoms with van der Waals surface area (Å²) in [5, 5.41) is 1.04. The highest BCUT2D eigenvalue weighted by Crippen LogP contribution is 2.36. The van der Waals surface area contributed by atoms with Crippen molar-refractivity contribution in [2.45, 2.75) is 18.9 Å². The van der Waals surface area contributed by atoms with Crippen LogP contribution in [0, 0.1) is 0 Å². The molecule has 1 nitrogen and oxygen atoms in total. The van der Waals surface area contributed by atoms with Gasteiger partial charge in [0.15, 0.2) is 0 Å². The third-order valence-electron chi connectivity index (χ3n) is 3.39. The number of thiocarbonyl (C=S) groups is 1. The monoisotopic (exact) mass is 297 g/mol. The lowest BCUT2D eigenvalue weighted by molar-refractivity contribution is 0.646. The molecule has 0 N–H and O–H groups in total. The normalized spacial score (nSPS) is 21.9. The van der Waals surface area contributed by atoms with Crippen molar-refractivity contribution in [1.82, 2.24) is 0 Å². The van der Waals surface area contributed by atoms with Gasteiger partial charge in [-0.2, -0.15) is 0 Å². The molecule has 100 valence electrons. The predicted molar refractivity (Wildman–Crippen MR) is 91.7 cm³/mol. The van der Waals surface area contributed by atoms with Crippen LogP contribution in [0.15, 0.2) is 65.7 Å². The highest BCUT2D eigenvalue weighted by atomic mass is 32.2. The number of benzene rings is 2. The Labute approximate surface area is 129 Å². The topological polar surface area (TPSA) is 12.4 Å². The predicted octanol–water partition coefficient (Wildman–Crippen LogP) is 4.51. The molecule has 1 aliphatic heterocycles. The zero-order valence-electron chi connectivity index (χ0n) is 11.2. The van der Waals surface area contributed by atoms with Crippen LogP contribution in [0.2, 0.25) is 0 Å². The lowest BCUT2D eigenvalue weighted by Gasteiger charge is -2.20. The molecule has 2 aromatic rings. The average Bonchev–Trinajstić information content (AvgIpc) is 2.77. The summed E-state index contributed by atoms with van der Waals surface area (Å²) in [6.07, 6.45) is 0.857. The lowest BCUT2D eigenvalue weighted by atomic mass is 9.95. The largest absolute Gasteiger partial charge is 0.265 e. The number of rotatable bonds is 3. The number of hydrogen-bond donors (Lipinski definition) is 0. The van der Waals surface area contributed by atoms with Gasteiger partial charge in [-0.25, -0.2) is 0 Å². The van der Waals surface area contributed by atoms with Crippen molar-refractivity contribution >= 4 is 33.2 Å². The molecule has 0 radical (unpaired) electrons. The molecule has 1 unspecified atom stereocenters. The maximum absolute atomic E-state index is 5.58. The molecule has 1 atom stereocenters. The molecule has 0 bridgehead atoms. The first-order chi connectivity index (χ1) is 9.67. The maximum atomic E-state index is 5.58. The van der Waals surface area contributed by atoms with E-state index in [1.165, 1.54) is 5.56 Å². The number of nitrogens with zero attached hydrogens (tertiary/aromatic N) is 1. The van der Waals surface area contributed by atoms with E-state index in [-0.39, 0.29) is 5.54 Å². The van der Waals surface area contributed by atoms with Crippen LogP contribution in [0.1, 0.15) is 18.1 Å². The van der Waals surface area contributed by atoms with Crippen LogP contribution in [0.5, 0.6) is 0 Å². The Morgan fingerprint density at radius 2 is 1.60 bits per heavy atom. The minimum atomic E-state index is -0.285. The van der Waals surface area contributed by atoms with Gasteiger partial charge in [0.05, 0.1) is 4.20 Å². The van der Waals surface area contributed by atoms with E-state index < -0.39 is 0 Å². The van der Waals surface area contributed by atoms with Crippen molar-refractivity contribution < 1.29 is 0 Å². The number of thioether (sulfide) groups is 1. The fraction of sp³-hybridized carbons (Fsp3) is 0.176. The van der Waals surface area contributed by atoms with Crippen molar-refractivity contribution in [3.8, 4) is 0 Å². The third kappa shape index (κ3) is 2.69. The van der Waals surface area contributed by atoms with Crippen molar-refractivity contribution in [3.63, 3.8) is 0 Å². The fourth-order valence-corrected chi connectivity index (χ4v) is 3.67. The fourth-order valence-electron chi connectivity index (χ4n) is 2.30. The van der Waals surface area contributed by atoms with Gasteiger partial charge in [-0.05, 0) is 12.5 Å². The molecular weight excluding hydrogens is 282 g/mol. The van der Waals surface area contributed by atoms with Crippen LogP contribution >= 0.6 is 24.0 Å². The van der Waals surface area contributed by atoms with Crippen molar-refractivity contribution in [3.05, 3.63) is 71.8 Å². The summed E-state index contributed by atoms with van der Waals surface area (Å²) >= 11 is 7.20. The quantitative estimate of drug-likeness (QED) is 0.773. The Hall–Kier alpha value is -1.45. The van der Waals surface area contributed by atoms with Crippen molar-refractivity contribution in [2.24, 2.45) is 4.99 Å². The summed E-state index contributed by atoms with van der Waals surface area (Å²) in [4.78, 5) is 4.90. The van der Waals surface area contributed by atoms with E-state index in [1.807, 2.05) is 24.3 Å². The van der Waals surface area contributed by atoms with E-state index in [9.17, 15) is 0 Å². The van der Waals surface area contributed by atoms with E-state index >= 15 is 0 Å². The van der Waals surface area contributed by atoms with Crippen LogP contribution in [0.4, 0.5) is 0 Å². The first kappa shape index (κ1) is 13.5. The molecule has 3 heteroatoms. The third-order valence-corrected chi connectivity index (χ3v) is 5.22. The van der Waals surface area contributed by atoms with Crippen molar-refractivity contribution in [1.29, 1.82) is 0 Å². The van der Waals surface area contributed by atoms with E-state index in [2.05, 4.69) is 43.3 Å². The van der Waals surface area contributed by atoms with Gasteiger partial charge < -0.3 is 0 Å². The Bertz CT molecular complexity index is 649. The summed E-state index contributed by atoms with van der Waals surface area (Å²) in [6.45, 7) is 2.13. The van der Waals surface area contributed by atoms with Crippen molar-refractivity contribution in [2.75, 3.05) is 0 Å². The molecule has 0 saturated carbocycles. The summed E-state index contributed by atoms with van der Waals surface area (Å²) in [5.41, 5.74) is 2.14. The van der Waals surface area contributed by atoms with Gasteiger partial charge >= 0.3 is 0 Å². The van der Waals surface area contributed by atoms with Gasteiger partial charge in [-0.3, -0.25) is 4.99 Å². The second kappa shape index (κ2) is 5.51. The van der Waals surface area contributed by atoms with E-state index in [1.54, 1.807) is 11.8 Å². The minimum Gasteiger partial charge on any atom is -0.265 e. The molecule has 1 heterocycles. The summed E-state index contributed by atoms with van der Waals surface area (Å²) in [5.74, 6) is 0. The molecule has 0 fully saturated rings. The Balaban J connectivity index is 1.90. The molecule has 0 aliphatic carbocycles. The Morgan fingerprint density at radius 3 is 2.25 bits per heavy atom. The van der Waals surface area contributed by atoms with Gasteiger partial charge in [0.2, 0.25) is 0 Å². The van der Waals surface area contributed by atoms with E-state index in [0.29, 0.717) is 0 Å². The molecule has 2 aromatic carbocycles. The molecular formula is C17H15NS2. The summed E-state index contributed by atoms with van der Waals surface area (Å²) < 4.78 is 0.959. The maximum Gasteiger partial charge on any atom is 0.105 e.